The van der Waals surface area contributed by atoms with E-state index in [2.05, 4.69) is 37.3 Å². The van der Waals surface area contributed by atoms with Crippen molar-refractivity contribution in [1.82, 2.24) is 0 Å². The fourth-order valence-corrected chi connectivity index (χ4v) is 2.44. The molecule has 1 saturated heterocycles. The van der Waals surface area contributed by atoms with Gasteiger partial charge in [0.2, 0.25) is 0 Å². The molecule has 2 rings (SSSR count). The van der Waals surface area contributed by atoms with Gasteiger partial charge in [0, 0.05) is 13.0 Å². The summed E-state index contributed by atoms with van der Waals surface area (Å²) in [6.45, 7) is 3.14. The Kier molecular flexibility index (Phi) is 4.00. The normalized spacial score (nSPS) is 32.2. The van der Waals surface area contributed by atoms with Crippen molar-refractivity contribution in [2.45, 2.75) is 51.0 Å². The molecule has 0 N–H and O–H groups in total. The third kappa shape index (κ3) is 2.85. The summed E-state index contributed by atoms with van der Waals surface area (Å²) in [7, 11) is 0. The molecule has 0 aromatic heterocycles. The van der Waals surface area contributed by atoms with Crippen LogP contribution in [-0.4, -0.2) is 12.2 Å². The maximum atomic E-state index is 5.93. The van der Waals surface area contributed by atoms with E-state index in [1.54, 1.807) is 0 Å². The summed E-state index contributed by atoms with van der Waals surface area (Å²) in [5.74, 6) is 0. The largest absolute Gasteiger partial charge is 0.371 e. The van der Waals surface area contributed by atoms with E-state index in [4.69, 9.17) is 4.74 Å². The van der Waals surface area contributed by atoms with Crippen LogP contribution in [0.1, 0.15) is 45.4 Å². The topological polar surface area (TPSA) is 9.23 Å². The number of allylic oxidation sites excluding steroid dienone is 4. The number of unbranched alkanes of at least 4 members (excludes halogenated alkanes) is 1. The van der Waals surface area contributed by atoms with Crippen molar-refractivity contribution in [1.29, 1.82) is 0 Å². The molecule has 0 radical (unpaired) electrons. The van der Waals surface area contributed by atoms with Gasteiger partial charge in [0.05, 0.1) is 5.60 Å². The van der Waals surface area contributed by atoms with Crippen LogP contribution in [0.5, 0.6) is 0 Å². The first-order valence-electron chi connectivity index (χ1n) is 6.53. The number of ether oxygens (including phenoxy) is 1. The van der Waals surface area contributed by atoms with Crippen molar-refractivity contribution in [3.05, 3.63) is 36.0 Å². The summed E-state index contributed by atoms with van der Waals surface area (Å²) in [5.41, 5.74) is 1.47. The van der Waals surface area contributed by atoms with Gasteiger partial charge in [0.1, 0.15) is 0 Å². The number of hydrogen-bond donors (Lipinski definition) is 0. The molecule has 1 nitrogen and oxygen atoms in total. The zero-order valence-corrected chi connectivity index (χ0v) is 10.2. The van der Waals surface area contributed by atoms with Gasteiger partial charge in [-0.3, -0.25) is 0 Å². The molecule has 0 amide bonds. The van der Waals surface area contributed by atoms with E-state index in [1.807, 2.05) is 0 Å². The summed E-state index contributed by atoms with van der Waals surface area (Å²) < 4.78 is 5.93. The first-order chi connectivity index (χ1) is 7.85. The minimum absolute atomic E-state index is 0.0582. The lowest BCUT2D eigenvalue weighted by atomic mass is 9.92. The van der Waals surface area contributed by atoms with Gasteiger partial charge in [-0.05, 0) is 31.3 Å². The molecule has 0 aromatic carbocycles. The number of rotatable bonds is 3. The first-order valence-corrected chi connectivity index (χ1v) is 6.53. The summed E-state index contributed by atoms with van der Waals surface area (Å²) in [4.78, 5) is 0. The fourth-order valence-electron chi connectivity index (χ4n) is 2.44. The average molecular weight is 218 g/mol. The summed E-state index contributed by atoms with van der Waals surface area (Å²) >= 11 is 0. The molecule has 0 saturated carbocycles. The molecule has 1 aliphatic heterocycles. The molecule has 1 fully saturated rings. The Labute approximate surface area is 98.9 Å². The molecule has 2 aliphatic rings. The molecule has 1 atom stereocenters. The molecule has 0 bridgehead atoms. The van der Waals surface area contributed by atoms with Crippen LogP contribution in [0.25, 0.3) is 0 Å². The van der Waals surface area contributed by atoms with Crippen molar-refractivity contribution in [3.8, 4) is 0 Å². The van der Waals surface area contributed by atoms with E-state index in [9.17, 15) is 0 Å². The molecule has 1 aliphatic carbocycles. The molecule has 88 valence electrons. The quantitative estimate of drug-likeness (QED) is 0.691. The van der Waals surface area contributed by atoms with Crippen LogP contribution in [0.2, 0.25) is 0 Å². The second-order valence-corrected chi connectivity index (χ2v) is 4.84. The predicted molar refractivity (Wildman–Crippen MR) is 68.4 cm³/mol. The monoisotopic (exact) mass is 218 g/mol. The lowest BCUT2D eigenvalue weighted by Crippen LogP contribution is -2.32. The molecule has 1 heterocycles. The molecular weight excluding hydrogens is 196 g/mol. The molecule has 1 spiro atoms. The Bertz CT molecular complexity index is 303. The first kappa shape index (κ1) is 11.7. The van der Waals surface area contributed by atoms with Crippen molar-refractivity contribution in [3.63, 3.8) is 0 Å². The Balaban J connectivity index is 1.90. The second kappa shape index (κ2) is 5.49. The Morgan fingerprint density at radius 2 is 2.38 bits per heavy atom. The van der Waals surface area contributed by atoms with Crippen molar-refractivity contribution >= 4 is 0 Å². The third-order valence-electron chi connectivity index (χ3n) is 3.39. The molecule has 1 unspecified atom stereocenters. The van der Waals surface area contributed by atoms with Crippen LogP contribution in [-0.2, 0) is 4.74 Å². The third-order valence-corrected chi connectivity index (χ3v) is 3.39. The van der Waals surface area contributed by atoms with E-state index in [-0.39, 0.29) is 5.60 Å². The zero-order valence-electron chi connectivity index (χ0n) is 10.2. The minimum Gasteiger partial charge on any atom is -0.371 e. The van der Waals surface area contributed by atoms with Gasteiger partial charge in [-0.1, -0.05) is 43.7 Å². The summed E-state index contributed by atoms with van der Waals surface area (Å²) in [5, 5.41) is 0. The lowest BCUT2D eigenvalue weighted by Gasteiger charge is -2.32. The highest BCUT2D eigenvalue weighted by atomic mass is 16.5. The molecule has 16 heavy (non-hydrogen) atoms. The Hall–Kier alpha value is -0.820. The smallest absolute Gasteiger partial charge is 0.0905 e. The predicted octanol–water partition coefficient (Wildman–Crippen LogP) is 4.17. The highest BCUT2D eigenvalue weighted by Crippen LogP contribution is 2.37. The van der Waals surface area contributed by atoms with Gasteiger partial charge in [-0.2, -0.15) is 0 Å². The van der Waals surface area contributed by atoms with Gasteiger partial charge >= 0.3 is 0 Å². The van der Waals surface area contributed by atoms with E-state index in [0.717, 1.165) is 13.0 Å². The van der Waals surface area contributed by atoms with Crippen LogP contribution < -0.4 is 0 Å². The van der Waals surface area contributed by atoms with Crippen molar-refractivity contribution < 1.29 is 4.74 Å². The van der Waals surface area contributed by atoms with Gasteiger partial charge in [0.25, 0.3) is 0 Å². The van der Waals surface area contributed by atoms with Gasteiger partial charge in [-0.25, -0.2) is 0 Å². The van der Waals surface area contributed by atoms with Crippen LogP contribution in [0.4, 0.5) is 0 Å². The Morgan fingerprint density at radius 1 is 1.44 bits per heavy atom. The summed E-state index contributed by atoms with van der Waals surface area (Å²) in [6.07, 6.45) is 18.4. The molecule has 0 aromatic rings. The van der Waals surface area contributed by atoms with Crippen molar-refractivity contribution in [2.75, 3.05) is 6.61 Å². The van der Waals surface area contributed by atoms with Gasteiger partial charge in [-0.15, -0.1) is 0 Å². The van der Waals surface area contributed by atoms with E-state index in [0.29, 0.717) is 0 Å². The standard InChI is InChI=1S/C15H22O/c1-2-3-4-5-8-14-9-11-15(13-14)10-6-7-12-16-15/h4-5,8-9,11H,2-3,6-7,10,12-13H2,1H3/b5-4+,14-8+. The highest BCUT2D eigenvalue weighted by molar-refractivity contribution is 5.35. The minimum atomic E-state index is 0.0582. The van der Waals surface area contributed by atoms with Crippen LogP contribution in [0.15, 0.2) is 36.0 Å². The summed E-state index contributed by atoms with van der Waals surface area (Å²) in [6, 6.07) is 0. The SMILES string of the molecule is CCC/C=C/C=C1\C=CC2(CCCCO2)C1. The van der Waals surface area contributed by atoms with Crippen molar-refractivity contribution in [2.24, 2.45) is 0 Å². The molecular formula is C15H22O. The lowest BCUT2D eigenvalue weighted by molar-refractivity contribution is -0.0383. The Morgan fingerprint density at radius 3 is 3.12 bits per heavy atom. The second-order valence-electron chi connectivity index (χ2n) is 4.84. The fraction of sp³-hybridized carbons (Fsp3) is 0.600. The zero-order chi connectivity index (χ0) is 11.3. The maximum absolute atomic E-state index is 5.93. The highest BCUT2D eigenvalue weighted by Gasteiger charge is 2.34. The van der Waals surface area contributed by atoms with E-state index >= 15 is 0 Å². The van der Waals surface area contributed by atoms with Gasteiger partial charge in [0.15, 0.2) is 0 Å². The van der Waals surface area contributed by atoms with Crippen LogP contribution >= 0.6 is 0 Å². The van der Waals surface area contributed by atoms with Crippen LogP contribution in [0.3, 0.4) is 0 Å². The van der Waals surface area contributed by atoms with Crippen LogP contribution in [0, 0.1) is 0 Å². The van der Waals surface area contributed by atoms with E-state index in [1.165, 1.54) is 37.7 Å². The van der Waals surface area contributed by atoms with E-state index < -0.39 is 0 Å². The number of hydrogen-bond acceptors (Lipinski definition) is 1. The van der Waals surface area contributed by atoms with Gasteiger partial charge < -0.3 is 4.74 Å². The maximum Gasteiger partial charge on any atom is 0.0905 e. The molecule has 1 heteroatoms. The average Bonchev–Trinajstić information content (AvgIpc) is 2.69.